The Hall–Kier alpha value is -2.80. The van der Waals surface area contributed by atoms with Crippen molar-refractivity contribution in [3.63, 3.8) is 0 Å². The Morgan fingerprint density at radius 3 is 2.78 bits per heavy atom. The number of nitrogens with zero attached hydrogens (tertiary/aromatic N) is 3. The van der Waals surface area contributed by atoms with Crippen molar-refractivity contribution in [3.05, 3.63) is 53.2 Å². The van der Waals surface area contributed by atoms with Crippen molar-refractivity contribution >= 4 is 11.8 Å². The van der Waals surface area contributed by atoms with Gasteiger partial charge in [0.1, 0.15) is 11.6 Å². The third-order valence-electron chi connectivity index (χ3n) is 5.90. The van der Waals surface area contributed by atoms with Crippen LogP contribution in [0.25, 0.3) is 0 Å². The molecular formula is C25H35N5O2. The lowest BCUT2D eigenvalue weighted by Crippen LogP contribution is -2.41. The van der Waals surface area contributed by atoms with Gasteiger partial charge in [0, 0.05) is 45.0 Å². The first-order valence-corrected chi connectivity index (χ1v) is 11.6. The van der Waals surface area contributed by atoms with Crippen molar-refractivity contribution in [2.45, 2.75) is 45.9 Å². The topological polar surface area (TPSA) is 71.0 Å². The maximum Gasteiger partial charge on any atom is 0.191 e. The van der Waals surface area contributed by atoms with Crippen molar-refractivity contribution in [1.82, 2.24) is 15.6 Å². The molecule has 4 rings (SSSR count). The Morgan fingerprint density at radius 2 is 2.06 bits per heavy atom. The number of guanidine groups is 1. The van der Waals surface area contributed by atoms with Crippen molar-refractivity contribution in [3.8, 4) is 5.75 Å². The largest absolute Gasteiger partial charge is 0.493 e. The van der Waals surface area contributed by atoms with E-state index in [9.17, 15) is 0 Å². The van der Waals surface area contributed by atoms with Gasteiger partial charge < -0.3 is 25.0 Å². The first-order valence-electron chi connectivity index (χ1n) is 11.6. The van der Waals surface area contributed by atoms with E-state index in [4.69, 9.17) is 9.47 Å². The summed E-state index contributed by atoms with van der Waals surface area (Å²) < 4.78 is 11.7. The lowest BCUT2D eigenvalue weighted by atomic mass is 10.1. The average Bonchev–Trinajstić information content (AvgIpc) is 3.64. The highest BCUT2D eigenvalue weighted by Crippen LogP contribution is 2.30. The molecule has 32 heavy (non-hydrogen) atoms. The number of aromatic nitrogens is 1. The SMILES string of the molecule is CN=C(NCc1ccc(N2CCOC(C)C2)nc1)NCc1ccc(C)cc1OCC1CC1. The van der Waals surface area contributed by atoms with Gasteiger partial charge in [0.2, 0.25) is 0 Å². The Bertz CT molecular complexity index is 911. The number of pyridine rings is 1. The van der Waals surface area contributed by atoms with Gasteiger partial charge in [-0.15, -0.1) is 0 Å². The monoisotopic (exact) mass is 437 g/mol. The second-order valence-corrected chi connectivity index (χ2v) is 8.80. The highest BCUT2D eigenvalue weighted by molar-refractivity contribution is 5.79. The minimum Gasteiger partial charge on any atom is -0.493 e. The summed E-state index contributed by atoms with van der Waals surface area (Å²) in [5.41, 5.74) is 3.47. The molecule has 2 aromatic rings. The number of anilines is 1. The van der Waals surface area contributed by atoms with E-state index in [0.29, 0.717) is 13.1 Å². The summed E-state index contributed by atoms with van der Waals surface area (Å²) >= 11 is 0. The molecule has 2 aliphatic rings. The molecule has 7 nitrogen and oxygen atoms in total. The number of nitrogens with one attached hydrogen (secondary N) is 2. The quantitative estimate of drug-likeness (QED) is 0.488. The standard InChI is InChI=1S/C25H35N5O2/c1-18-4-8-22(23(12-18)32-17-20-5-6-20)15-29-25(26-3)28-14-21-7-9-24(27-13-21)30-10-11-31-19(2)16-30/h4,7-9,12-13,19-20H,5-6,10-11,14-17H2,1-3H3,(H2,26,28,29). The maximum atomic E-state index is 6.08. The lowest BCUT2D eigenvalue weighted by Gasteiger charge is -2.32. The van der Waals surface area contributed by atoms with Crippen LogP contribution in [0.3, 0.4) is 0 Å². The molecule has 1 aliphatic heterocycles. The molecule has 7 heteroatoms. The predicted octanol–water partition coefficient (Wildman–Crippen LogP) is 3.27. The second kappa shape index (κ2) is 10.7. The number of rotatable bonds is 8. The van der Waals surface area contributed by atoms with Crippen LogP contribution in [0.4, 0.5) is 5.82 Å². The molecule has 1 aromatic heterocycles. The van der Waals surface area contributed by atoms with Crippen molar-refractivity contribution < 1.29 is 9.47 Å². The molecule has 0 radical (unpaired) electrons. The van der Waals surface area contributed by atoms with E-state index in [2.05, 4.69) is 69.7 Å². The molecule has 1 saturated heterocycles. The summed E-state index contributed by atoms with van der Waals surface area (Å²) in [7, 11) is 1.79. The number of benzene rings is 1. The minimum atomic E-state index is 0.245. The van der Waals surface area contributed by atoms with Crippen molar-refractivity contribution in [2.24, 2.45) is 10.9 Å². The van der Waals surface area contributed by atoms with Gasteiger partial charge in [0.15, 0.2) is 5.96 Å². The minimum absolute atomic E-state index is 0.245. The van der Waals surface area contributed by atoms with Crippen LogP contribution in [0.2, 0.25) is 0 Å². The van der Waals surface area contributed by atoms with Gasteiger partial charge >= 0.3 is 0 Å². The summed E-state index contributed by atoms with van der Waals surface area (Å²) in [6.45, 7) is 8.85. The normalized spacial score (nSPS) is 19.0. The van der Waals surface area contributed by atoms with E-state index < -0.39 is 0 Å². The molecule has 0 bridgehead atoms. The van der Waals surface area contributed by atoms with Gasteiger partial charge in [0.25, 0.3) is 0 Å². The number of aryl methyl sites for hydroxylation is 1. The van der Waals surface area contributed by atoms with Crippen LogP contribution in [-0.2, 0) is 17.8 Å². The predicted molar refractivity (Wildman–Crippen MR) is 128 cm³/mol. The third-order valence-corrected chi connectivity index (χ3v) is 5.90. The first kappa shape index (κ1) is 22.4. The molecule has 1 unspecified atom stereocenters. The molecule has 2 heterocycles. The summed E-state index contributed by atoms with van der Waals surface area (Å²) in [6, 6.07) is 10.6. The lowest BCUT2D eigenvalue weighted by molar-refractivity contribution is 0.0529. The third kappa shape index (κ3) is 6.36. The van der Waals surface area contributed by atoms with E-state index in [-0.39, 0.29) is 6.10 Å². The van der Waals surface area contributed by atoms with Crippen LogP contribution in [0.15, 0.2) is 41.5 Å². The zero-order valence-electron chi connectivity index (χ0n) is 19.4. The molecular weight excluding hydrogens is 402 g/mol. The summed E-state index contributed by atoms with van der Waals surface area (Å²) in [6.07, 6.45) is 4.75. The van der Waals surface area contributed by atoms with Crippen LogP contribution >= 0.6 is 0 Å². The van der Waals surface area contributed by atoms with Gasteiger partial charge in [-0.05, 0) is 55.9 Å². The van der Waals surface area contributed by atoms with Gasteiger partial charge in [-0.2, -0.15) is 0 Å². The van der Waals surface area contributed by atoms with E-state index in [1.165, 1.54) is 18.4 Å². The molecule has 172 valence electrons. The molecule has 1 aliphatic carbocycles. The van der Waals surface area contributed by atoms with Gasteiger partial charge in [-0.25, -0.2) is 4.98 Å². The molecule has 1 saturated carbocycles. The zero-order chi connectivity index (χ0) is 22.3. The molecule has 1 atom stereocenters. The molecule has 1 aromatic carbocycles. The Balaban J connectivity index is 1.28. The average molecular weight is 438 g/mol. The van der Waals surface area contributed by atoms with E-state index in [0.717, 1.165) is 60.9 Å². The van der Waals surface area contributed by atoms with E-state index in [1.54, 1.807) is 7.05 Å². The van der Waals surface area contributed by atoms with E-state index in [1.807, 2.05) is 6.20 Å². The van der Waals surface area contributed by atoms with Gasteiger partial charge in [-0.1, -0.05) is 18.2 Å². The Labute approximate surface area is 191 Å². The van der Waals surface area contributed by atoms with Gasteiger partial charge in [0.05, 0.1) is 19.3 Å². The van der Waals surface area contributed by atoms with Crippen molar-refractivity contribution in [2.75, 3.05) is 38.3 Å². The van der Waals surface area contributed by atoms with Crippen LogP contribution in [0, 0.1) is 12.8 Å². The fourth-order valence-electron chi connectivity index (χ4n) is 3.75. The summed E-state index contributed by atoms with van der Waals surface area (Å²) in [4.78, 5) is 11.3. The molecule has 0 spiro atoms. The number of hydrogen-bond donors (Lipinski definition) is 2. The zero-order valence-corrected chi connectivity index (χ0v) is 19.4. The van der Waals surface area contributed by atoms with E-state index >= 15 is 0 Å². The highest BCUT2D eigenvalue weighted by Gasteiger charge is 2.22. The smallest absolute Gasteiger partial charge is 0.191 e. The highest BCUT2D eigenvalue weighted by atomic mass is 16.5. The Morgan fingerprint density at radius 1 is 1.22 bits per heavy atom. The number of morpholine rings is 1. The molecule has 2 fully saturated rings. The number of hydrogen-bond acceptors (Lipinski definition) is 5. The van der Waals surface area contributed by atoms with Gasteiger partial charge in [-0.3, -0.25) is 4.99 Å². The second-order valence-electron chi connectivity index (χ2n) is 8.80. The fourth-order valence-corrected chi connectivity index (χ4v) is 3.75. The van der Waals surface area contributed by atoms with Crippen LogP contribution in [-0.4, -0.2) is 50.4 Å². The fraction of sp³-hybridized carbons (Fsp3) is 0.520. The van der Waals surface area contributed by atoms with Crippen LogP contribution in [0.1, 0.15) is 36.5 Å². The molecule has 0 amide bonds. The maximum absolute atomic E-state index is 6.08. The summed E-state index contributed by atoms with van der Waals surface area (Å²) in [5.74, 6) is 3.46. The number of aliphatic imine (C=N–C) groups is 1. The molecule has 2 N–H and O–H groups in total. The van der Waals surface area contributed by atoms with Crippen molar-refractivity contribution in [1.29, 1.82) is 0 Å². The summed E-state index contributed by atoms with van der Waals surface area (Å²) in [5, 5.41) is 6.78. The number of ether oxygens (including phenoxy) is 2. The van der Waals surface area contributed by atoms with Crippen LogP contribution < -0.4 is 20.3 Å². The Kier molecular flexibility index (Phi) is 7.47. The van der Waals surface area contributed by atoms with Crippen LogP contribution in [0.5, 0.6) is 5.75 Å². The first-order chi connectivity index (χ1) is 15.6.